The van der Waals surface area contributed by atoms with E-state index < -0.39 is 5.31 Å². The predicted molar refractivity (Wildman–Crippen MR) is 70.7 cm³/mol. The van der Waals surface area contributed by atoms with Gasteiger partial charge in [0.1, 0.15) is 0 Å². The Morgan fingerprint density at radius 3 is 1.73 bits per heavy atom. The fraction of sp³-hybridized carbons (Fsp3) is 1.00. The zero-order valence-corrected chi connectivity index (χ0v) is 12.0. The summed E-state index contributed by atoms with van der Waals surface area (Å²) in [6, 6.07) is 0. The molecule has 0 saturated heterocycles. The number of rotatable bonds is 9. The van der Waals surface area contributed by atoms with E-state index in [0.29, 0.717) is 0 Å². The van der Waals surface area contributed by atoms with Gasteiger partial charge in [-0.1, -0.05) is 0 Å². The van der Waals surface area contributed by atoms with E-state index in [9.17, 15) is 15.3 Å². The van der Waals surface area contributed by atoms with Gasteiger partial charge in [-0.15, -0.1) is 0 Å². The molecular weight excluding hydrogens is 279 g/mol. The molecular formula is C10H24BrO3P. The summed E-state index contributed by atoms with van der Waals surface area (Å²) in [5.41, 5.74) is 0. The van der Waals surface area contributed by atoms with Crippen molar-refractivity contribution in [2.24, 2.45) is 0 Å². The molecule has 0 rings (SSSR count). The average molecular weight is 303 g/mol. The fourth-order valence-electron chi connectivity index (χ4n) is 1.46. The Bertz CT molecular complexity index is 163. The van der Waals surface area contributed by atoms with E-state index >= 15 is 0 Å². The third kappa shape index (κ3) is 5.10. The molecule has 0 aromatic carbocycles. The van der Waals surface area contributed by atoms with Crippen molar-refractivity contribution >= 4 is 20.8 Å². The van der Waals surface area contributed by atoms with Gasteiger partial charge in [0.25, 0.3) is 0 Å². The molecule has 0 aliphatic rings. The van der Waals surface area contributed by atoms with Gasteiger partial charge in [0.05, 0.1) is 0 Å². The molecule has 0 radical (unpaired) electrons. The number of aliphatic hydroxyl groups is 3. The van der Waals surface area contributed by atoms with Crippen LogP contribution in [0.1, 0.15) is 39.0 Å². The number of hydrogen-bond acceptors (Lipinski definition) is 3. The Morgan fingerprint density at radius 1 is 0.867 bits per heavy atom. The second kappa shape index (κ2) is 7.18. The van der Waals surface area contributed by atoms with Crippen LogP contribution in [0.3, 0.4) is 0 Å². The minimum atomic E-state index is -2.77. The summed E-state index contributed by atoms with van der Waals surface area (Å²) in [5, 5.41) is 25.2. The Labute approximate surface area is 101 Å². The van der Waals surface area contributed by atoms with Crippen molar-refractivity contribution < 1.29 is 15.3 Å². The number of hydrogen-bond donors (Lipinski definition) is 3. The first-order valence-corrected chi connectivity index (χ1v) is 10.6. The summed E-state index contributed by atoms with van der Waals surface area (Å²) >= 11 is 3.44. The van der Waals surface area contributed by atoms with Crippen LogP contribution in [-0.2, 0) is 0 Å². The third-order valence-electron chi connectivity index (χ3n) is 2.88. The molecule has 0 bridgehead atoms. The van der Waals surface area contributed by atoms with Gasteiger partial charge in [0.2, 0.25) is 0 Å². The van der Waals surface area contributed by atoms with E-state index in [1.807, 2.05) is 0 Å². The summed E-state index contributed by atoms with van der Waals surface area (Å²) in [6.07, 6.45) is 6.07. The van der Waals surface area contributed by atoms with Gasteiger partial charge in [-0.25, -0.2) is 0 Å². The first-order valence-electron chi connectivity index (χ1n) is 5.59. The number of halogens is 1. The average Bonchev–Trinajstić information content (AvgIpc) is 2.29. The molecule has 3 N–H and O–H groups in total. The molecule has 0 aliphatic carbocycles. The Balaban J connectivity index is 3.98. The fourth-order valence-corrected chi connectivity index (χ4v) is 3.92. The summed E-state index contributed by atoms with van der Waals surface area (Å²) in [5.74, 6) is 0. The molecule has 0 amide bonds. The van der Waals surface area contributed by atoms with Gasteiger partial charge in [-0.3, -0.25) is 0 Å². The van der Waals surface area contributed by atoms with Crippen LogP contribution in [0.2, 0.25) is 0 Å². The molecule has 0 heterocycles. The van der Waals surface area contributed by atoms with E-state index in [1.54, 1.807) is 0 Å². The Kier molecular flexibility index (Phi) is 7.56. The molecule has 94 valence electrons. The van der Waals surface area contributed by atoms with E-state index in [2.05, 4.69) is 22.4 Å². The van der Waals surface area contributed by atoms with E-state index in [-0.39, 0.29) is 19.0 Å². The normalized spacial score (nSPS) is 14.9. The molecule has 15 heavy (non-hydrogen) atoms. The molecule has 3 nitrogen and oxygen atoms in total. The van der Waals surface area contributed by atoms with E-state index in [0.717, 1.165) is 19.0 Å². The molecule has 0 aliphatic heterocycles. The number of aliphatic hydroxyl groups excluding tert-OH is 3. The second-order valence-electron chi connectivity index (χ2n) is 4.38. The summed E-state index contributed by atoms with van der Waals surface area (Å²) in [6.45, 7) is 2.17. The van der Waals surface area contributed by atoms with Crippen molar-refractivity contribution in [3.05, 3.63) is 0 Å². The van der Waals surface area contributed by atoms with E-state index in [4.69, 9.17) is 0 Å². The molecule has 0 spiro atoms. The standard InChI is InChI=1S/C10H24BrO3P/c1-2-3-4-5-6-7-15(11,8-12,9-13)10-14/h12-14H,2-10H2,1H3. The quantitative estimate of drug-likeness (QED) is 0.453. The van der Waals surface area contributed by atoms with Crippen molar-refractivity contribution in [1.29, 1.82) is 0 Å². The predicted octanol–water partition coefficient (Wildman–Crippen LogP) is 2.67. The van der Waals surface area contributed by atoms with Crippen LogP contribution in [0.5, 0.6) is 0 Å². The maximum absolute atomic E-state index is 9.33. The van der Waals surface area contributed by atoms with Gasteiger partial charge in [0, 0.05) is 0 Å². The van der Waals surface area contributed by atoms with Crippen LogP contribution in [0, 0.1) is 0 Å². The van der Waals surface area contributed by atoms with Crippen LogP contribution in [0.25, 0.3) is 0 Å². The summed E-state index contributed by atoms with van der Waals surface area (Å²) < 4.78 is 0. The van der Waals surface area contributed by atoms with E-state index in [1.165, 1.54) is 19.3 Å². The third-order valence-corrected chi connectivity index (χ3v) is 9.52. The van der Waals surface area contributed by atoms with Gasteiger partial charge < -0.3 is 0 Å². The topological polar surface area (TPSA) is 60.7 Å². The zero-order valence-electron chi connectivity index (χ0n) is 9.53. The van der Waals surface area contributed by atoms with Gasteiger partial charge in [-0.05, 0) is 0 Å². The summed E-state index contributed by atoms with van der Waals surface area (Å²) in [7, 11) is 0. The van der Waals surface area contributed by atoms with Crippen molar-refractivity contribution in [1.82, 2.24) is 0 Å². The zero-order chi connectivity index (χ0) is 11.8. The SMILES string of the molecule is CCCCCCCP(Br)(CO)(CO)CO. The molecule has 0 atom stereocenters. The summed E-state index contributed by atoms with van der Waals surface area (Å²) in [4.78, 5) is 0. The van der Waals surface area contributed by atoms with Crippen molar-refractivity contribution in [3.63, 3.8) is 0 Å². The van der Waals surface area contributed by atoms with Gasteiger partial charge in [-0.2, -0.15) is 0 Å². The van der Waals surface area contributed by atoms with Gasteiger partial charge in [0.15, 0.2) is 0 Å². The Morgan fingerprint density at radius 2 is 1.33 bits per heavy atom. The second-order valence-corrected chi connectivity index (χ2v) is 15.3. The number of unbranched alkanes of at least 4 members (excludes halogenated alkanes) is 4. The van der Waals surface area contributed by atoms with Crippen LogP contribution in [0.15, 0.2) is 0 Å². The molecule has 0 fully saturated rings. The van der Waals surface area contributed by atoms with Crippen LogP contribution in [-0.4, -0.2) is 40.5 Å². The van der Waals surface area contributed by atoms with Crippen LogP contribution < -0.4 is 0 Å². The monoisotopic (exact) mass is 302 g/mol. The van der Waals surface area contributed by atoms with Crippen molar-refractivity contribution in [2.75, 3.05) is 25.2 Å². The maximum atomic E-state index is 9.33. The van der Waals surface area contributed by atoms with Crippen molar-refractivity contribution in [3.8, 4) is 0 Å². The first kappa shape index (κ1) is 15.8. The van der Waals surface area contributed by atoms with Crippen LogP contribution in [0.4, 0.5) is 0 Å². The van der Waals surface area contributed by atoms with Gasteiger partial charge >= 0.3 is 100 Å². The molecule has 0 aromatic rings. The molecule has 0 saturated carbocycles. The van der Waals surface area contributed by atoms with Crippen LogP contribution >= 0.6 is 20.8 Å². The molecule has 0 aromatic heterocycles. The minimum absolute atomic E-state index is 0.119. The Hall–Kier alpha value is 0.790. The van der Waals surface area contributed by atoms with Crippen molar-refractivity contribution in [2.45, 2.75) is 39.0 Å². The first-order chi connectivity index (χ1) is 7.04. The molecule has 5 heteroatoms. The molecule has 0 unspecified atom stereocenters.